The summed E-state index contributed by atoms with van der Waals surface area (Å²) in [5.41, 5.74) is -0.559. The standard InChI is InChI=1S/C15H26N2O4/c1-15(2,3)21-14(20)17-9-11(13(18)19)8-12(10-17)16-6-4-5-7-16/h11-12H,4-10H2,1-3H3,(H,18,19). The van der Waals surface area contributed by atoms with Crippen molar-refractivity contribution in [2.75, 3.05) is 26.2 Å². The Morgan fingerprint density at radius 1 is 1.14 bits per heavy atom. The maximum absolute atomic E-state index is 12.2. The molecule has 0 saturated carbocycles. The van der Waals surface area contributed by atoms with Gasteiger partial charge in [0.25, 0.3) is 0 Å². The van der Waals surface area contributed by atoms with Crippen molar-refractivity contribution in [2.45, 2.75) is 51.7 Å². The van der Waals surface area contributed by atoms with Gasteiger partial charge in [0, 0.05) is 19.1 Å². The third-order valence-electron chi connectivity index (χ3n) is 4.09. The van der Waals surface area contributed by atoms with Gasteiger partial charge in [-0.1, -0.05) is 0 Å². The molecule has 120 valence electrons. The minimum absolute atomic E-state index is 0.134. The van der Waals surface area contributed by atoms with Gasteiger partial charge in [0.15, 0.2) is 0 Å². The van der Waals surface area contributed by atoms with Crippen molar-refractivity contribution < 1.29 is 19.4 Å². The molecule has 1 N–H and O–H groups in total. The number of piperidine rings is 1. The van der Waals surface area contributed by atoms with Crippen LogP contribution in [-0.2, 0) is 9.53 Å². The first-order valence-corrected chi connectivity index (χ1v) is 7.71. The maximum Gasteiger partial charge on any atom is 0.410 e. The molecule has 0 radical (unpaired) electrons. The number of nitrogens with zero attached hydrogens (tertiary/aromatic N) is 2. The number of amides is 1. The first-order valence-electron chi connectivity index (χ1n) is 7.71. The summed E-state index contributed by atoms with van der Waals surface area (Å²) in [6.45, 7) is 8.27. The topological polar surface area (TPSA) is 70.1 Å². The Morgan fingerprint density at radius 3 is 2.29 bits per heavy atom. The van der Waals surface area contributed by atoms with Crippen molar-refractivity contribution >= 4 is 12.1 Å². The largest absolute Gasteiger partial charge is 0.481 e. The van der Waals surface area contributed by atoms with Crippen LogP contribution >= 0.6 is 0 Å². The predicted molar refractivity (Wildman–Crippen MR) is 78.1 cm³/mol. The van der Waals surface area contributed by atoms with E-state index < -0.39 is 23.6 Å². The molecule has 2 atom stereocenters. The quantitative estimate of drug-likeness (QED) is 0.841. The Labute approximate surface area is 126 Å². The lowest BCUT2D eigenvalue weighted by Gasteiger charge is -2.40. The summed E-state index contributed by atoms with van der Waals surface area (Å²) in [6.07, 6.45) is 2.52. The normalized spacial score (nSPS) is 27.7. The lowest BCUT2D eigenvalue weighted by atomic mass is 9.93. The van der Waals surface area contributed by atoms with Crippen LogP contribution in [0.25, 0.3) is 0 Å². The summed E-state index contributed by atoms with van der Waals surface area (Å²) in [6, 6.07) is 0.134. The lowest BCUT2D eigenvalue weighted by Crippen LogP contribution is -2.54. The minimum Gasteiger partial charge on any atom is -0.481 e. The van der Waals surface area contributed by atoms with E-state index >= 15 is 0 Å². The van der Waals surface area contributed by atoms with E-state index in [4.69, 9.17) is 4.74 Å². The van der Waals surface area contributed by atoms with Crippen molar-refractivity contribution in [2.24, 2.45) is 5.92 Å². The van der Waals surface area contributed by atoms with Crippen LogP contribution in [0, 0.1) is 5.92 Å². The van der Waals surface area contributed by atoms with E-state index in [0.29, 0.717) is 13.0 Å². The highest BCUT2D eigenvalue weighted by Crippen LogP contribution is 2.25. The monoisotopic (exact) mass is 298 g/mol. The molecule has 0 spiro atoms. The zero-order chi connectivity index (χ0) is 15.6. The fourth-order valence-corrected chi connectivity index (χ4v) is 3.10. The third-order valence-corrected chi connectivity index (χ3v) is 4.09. The number of rotatable bonds is 2. The Bertz CT molecular complexity index is 399. The molecule has 2 aliphatic heterocycles. The van der Waals surface area contributed by atoms with E-state index in [1.165, 1.54) is 0 Å². The summed E-state index contributed by atoms with van der Waals surface area (Å²) in [5, 5.41) is 9.33. The van der Waals surface area contributed by atoms with Crippen molar-refractivity contribution in [1.82, 2.24) is 9.80 Å². The van der Waals surface area contributed by atoms with Crippen LogP contribution in [0.1, 0.15) is 40.0 Å². The molecule has 1 amide bonds. The van der Waals surface area contributed by atoms with E-state index in [2.05, 4.69) is 4.90 Å². The first-order chi connectivity index (χ1) is 9.76. The van der Waals surface area contributed by atoms with Crippen molar-refractivity contribution in [3.05, 3.63) is 0 Å². The average Bonchev–Trinajstić information content (AvgIpc) is 2.90. The van der Waals surface area contributed by atoms with Gasteiger partial charge < -0.3 is 14.7 Å². The molecule has 2 heterocycles. The number of aliphatic carboxylic acids is 1. The average molecular weight is 298 g/mol. The lowest BCUT2D eigenvalue weighted by molar-refractivity contribution is -0.144. The van der Waals surface area contributed by atoms with Crippen LogP contribution in [0.2, 0.25) is 0 Å². The van der Waals surface area contributed by atoms with Crippen LogP contribution in [0.4, 0.5) is 4.79 Å². The maximum atomic E-state index is 12.2. The Hall–Kier alpha value is -1.30. The van der Waals surface area contributed by atoms with Crippen molar-refractivity contribution in [3.8, 4) is 0 Å². The highest BCUT2D eigenvalue weighted by molar-refractivity contribution is 5.73. The summed E-state index contributed by atoms with van der Waals surface area (Å²) in [4.78, 5) is 27.5. The second-order valence-corrected chi connectivity index (χ2v) is 7.05. The Balaban J connectivity index is 2.05. The molecule has 2 aliphatic rings. The van der Waals surface area contributed by atoms with Gasteiger partial charge in [-0.25, -0.2) is 4.79 Å². The Morgan fingerprint density at radius 2 is 1.76 bits per heavy atom. The van der Waals surface area contributed by atoms with E-state index in [0.717, 1.165) is 25.9 Å². The number of likely N-dealkylation sites (tertiary alicyclic amines) is 2. The van der Waals surface area contributed by atoms with Gasteiger partial charge >= 0.3 is 12.1 Å². The molecular weight excluding hydrogens is 272 g/mol. The highest BCUT2D eigenvalue weighted by atomic mass is 16.6. The van der Waals surface area contributed by atoms with Gasteiger partial charge in [-0.2, -0.15) is 0 Å². The van der Waals surface area contributed by atoms with Gasteiger partial charge in [0.1, 0.15) is 5.60 Å². The van der Waals surface area contributed by atoms with Crippen LogP contribution in [0.5, 0.6) is 0 Å². The number of ether oxygens (including phenoxy) is 1. The molecule has 0 aliphatic carbocycles. The summed E-state index contributed by atoms with van der Waals surface area (Å²) in [7, 11) is 0. The van der Waals surface area contributed by atoms with E-state index in [-0.39, 0.29) is 12.6 Å². The summed E-state index contributed by atoms with van der Waals surface area (Å²) < 4.78 is 5.39. The number of carboxylic acid groups (broad SMARTS) is 1. The zero-order valence-electron chi connectivity index (χ0n) is 13.2. The van der Waals surface area contributed by atoms with E-state index in [1.807, 2.05) is 20.8 Å². The second-order valence-electron chi connectivity index (χ2n) is 7.05. The van der Waals surface area contributed by atoms with Gasteiger partial charge in [0.05, 0.1) is 5.92 Å². The van der Waals surface area contributed by atoms with E-state index in [9.17, 15) is 14.7 Å². The van der Waals surface area contributed by atoms with Crippen molar-refractivity contribution in [1.29, 1.82) is 0 Å². The van der Waals surface area contributed by atoms with Crippen molar-refractivity contribution in [3.63, 3.8) is 0 Å². The number of hydrogen-bond acceptors (Lipinski definition) is 4. The molecule has 0 aromatic heterocycles. The molecule has 2 unspecified atom stereocenters. The van der Waals surface area contributed by atoms with Crippen LogP contribution in [0.15, 0.2) is 0 Å². The fourth-order valence-electron chi connectivity index (χ4n) is 3.10. The van der Waals surface area contributed by atoms with Gasteiger partial charge in [-0.15, -0.1) is 0 Å². The molecule has 2 saturated heterocycles. The SMILES string of the molecule is CC(C)(C)OC(=O)N1CC(C(=O)O)CC(N2CCCC2)C1. The van der Waals surface area contributed by atoms with Crippen LogP contribution in [0.3, 0.4) is 0 Å². The number of carbonyl (C=O) groups excluding carboxylic acids is 1. The molecule has 2 fully saturated rings. The molecule has 0 aromatic carbocycles. The predicted octanol–water partition coefficient (Wildman–Crippen LogP) is 1.79. The molecule has 0 bridgehead atoms. The first kappa shape index (κ1) is 16.1. The molecular formula is C15H26N2O4. The third kappa shape index (κ3) is 4.33. The highest BCUT2D eigenvalue weighted by Gasteiger charge is 2.38. The minimum atomic E-state index is -0.826. The molecule has 6 heteroatoms. The summed E-state index contributed by atoms with van der Waals surface area (Å²) in [5.74, 6) is -1.33. The molecule has 21 heavy (non-hydrogen) atoms. The number of carbonyl (C=O) groups is 2. The number of carboxylic acids is 1. The van der Waals surface area contributed by atoms with E-state index in [1.54, 1.807) is 4.90 Å². The summed E-state index contributed by atoms with van der Waals surface area (Å²) >= 11 is 0. The number of hydrogen-bond donors (Lipinski definition) is 1. The van der Waals surface area contributed by atoms with Crippen LogP contribution in [-0.4, -0.2) is 64.8 Å². The zero-order valence-corrected chi connectivity index (χ0v) is 13.2. The molecule has 0 aromatic rings. The smallest absolute Gasteiger partial charge is 0.410 e. The molecule has 6 nitrogen and oxygen atoms in total. The van der Waals surface area contributed by atoms with Gasteiger partial charge in [0.2, 0.25) is 0 Å². The van der Waals surface area contributed by atoms with Crippen LogP contribution < -0.4 is 0 Å². The molecule has 2 rings (SSSR count). The second kappa shape index (κ2) is 6.22. The Kier molecular flexibility index (Phi) is 4.76. The fraction of sp³-hybridized carbons (Fsp3) is 0.867. The van der Waals surface area contributed by atoms with Gasteiger partial charge in [-0.05, 0) is 53.1 Å². The van der Waals surface area contributed by atoms with Gasteiger partial charge in [-0.3, -0.25) is 9.69 Å².